The maximum atomic E-state index is 13.1. The molecule has 3 rings (SSSR count). The third-order valence-corrected chi connectivity index (χ3v) is 5.34. The molecule has 2 aromatic carbocycles. The van der Waals surface area contributed by atoms with Crippen LogP contribution in [-0.2, 0) is 4.79 Å². The first-order chi connectivity index (χ1) is 14.8. The molecule has 0 saturated carbocycles. The van der Waals surface area contributed by atoms with Crippen molar-refractivity contribution in [2.45, 2.75) is 19.9 Å². The molecule has 164 valence electrons. The van der Waals surface area contributed by atoms with E-state index in [9.17, 15) is 24.1 Å². The Labute approximate surface area is 179 Å². The van der Waals surface area contributed by atoms with Gasteiger partial charge < -0.3 is 15.1 Å². The molecule has 2 aromatic rings. The highest BCUT2D eigenvalue weighted by atomic mass is 19.1. The Kier molecular flexibility index (Phi) is 6.84. The zero-order valence-corrected chi connectivity index (χ0v) is 17.5. The van der Waals surface area contributed by atoms with Crippen LogP contribution in [0.5, 0.6) is 0 Å². The van der Waals surface area contributed by atoms with Crippen molar-refractivity contribution in [3.63, 3.8) is 0 Å². The molecule has 0 radical (unpaired) electrons. The number of rotatable bonds is 6. The molecule has 1 heterocycles. The smallest absolute Gasteiger partial charge is 0.269 e. The number of hydrogen-bond donors (Lipinski definition) is 1. The number of hydrogen-bond acceptors (Lipinski definition) is 5. The number of nitro groups is 1. The Morgan fingerprint density at radius 1 is 1.00 bits per heavy atom. The lowest BCUT2D eigenvalue weighted by molar-refractivity contribution is -0.384. The van der Waals surface area contributed by atoms with Gasteiger partial charge >= 0.3 is 0 Å². The van der Waals surface area contributed by atoms with Crippen molar-refractivity contribution in [2.24, 2.45) is 5.92 Å². The van der Waals surface area contributed by atoms with E-state index >= 15 is 0 Å². The predicted octanol–water partition coefficient (Wildman–Crippen LogP) is 2.84. The molecule has 1 fully saturated rings. The summed E-state index contributed by atoms with van der Waals surface area (Å²) in [5, 5.41) is 13.6. The second kappa shape index (κ2) is 9.55. The quantitative estimate of drug-likeness (QED) is 0.564. The van der Waals surface area contributed by atoms with Gasteiger partial charge in [0, 0.05) is 49.6 Å². The third kappa shape index (κ3) is 5.36. The molecule has 1 unspecified atom stereocenters. The van der Waals surface area contributed by atoms with Crippen LogP contribution in [-0.4, -0.2) is 53.9 Å². The SMILES string of the molecule is CC(C)C(NC(=O)c1ccc(F)cc1)C(=O)N1CCN(c2ccc([N+](=O)[O-])cc2)CC1. The zero-order chi connectivity index (χ0) is 22.5. The second-order valence-corrected chi connectivity index (χ2v) is 7.79. The Morgan fingerprint density at radius 2 is 1.58 bits per heavy atom. The van der Waals surface area contributed by atoms with Crippen molar-refractivity contribution in [1.82, 2.24) is 10.2 Å². The van der Waals surface area contributed by atoms with Crippen LogP contribution in [0.4, 0.5) is 15.8 Å². The summed E-state index contributed by atoms with van der Waals surface area (Å²) in [6.45, 7) is 5.85. The Hall–Kier alpha value is -3.49. The molecule has 31 heavy (non-hydrogen) atoms. The fourth-order valence-electron chi connectivity index (χ4n) is 3.51. The molecule has 1 saturated heterocycles. The van der Waals surface area contributed by atoms with Gasteiger partial charge in [-0.25, -0.2) is 4.39 Å². The van der Waals surface area contributed by atoms with Gasteiger partial charge in [-0.1, -0.05) is 13.8 Å². The molecule has 0 bridgehead atoms. The third-order valence-electron chi connectivity index (χ3n) is 5.34. The number of amides is 2. The van der Waals surface area contributed by atoms with Gasteiger partial charge in [0.2, 0.25) is 5.91 Å². The summed E-state index contributed by atoms with van der Waals surface area (Å²) < 4.78 is 13.1. The lowest BCUT2D eigenvalue weighted by Gasteiger charge is -2.38. The van der Waals surface area contributed by atoms with Gasteiger partial charge in [-0.05, 0) is 42.3 Å². The molecule has 0 aromatic heterocycles. The van der Waals surface area contributed by atoms with Crippen molar-refractivity contribution in [3.05, 3.63) is 70.0 Å². The van der Waals surface area contributed by atoms with Gasteiger partial charge in [0.1, 0.15) is 11.9 Å². The molecule has 0 spiro atoms. The number of nitro benzene ring substituents is 1. The number of anilines is 1. The van der Waals surface area contributed by atoms with Crippen LogP contribution >= 0.6 is 0 Å². The standard InChI is InChI=1S/C22H25FN4O4/c1-15(2)20(24-21(28)16-3-5-17(23)6-4-16)22(29)26-13-11-25(12-14-26)18-7-9-19(10-8-18)27(30)31/h3-10,15,20H,11-14H2,1-2H3,(H,24,28). The second-order valence-electron chi connectivity index (χ2n) is 7.79. The van der Waals surface area contributed by atoms with Gasteiger partial charge in [-0.2, -0.15) is 0 Å². The highest BCUT2D eigenvalue weighted by Gasteiger charge is 2.31. The summed E-state index contributed by atoms with van der Waals surface area (Å²) in [6.07, 6.45) is 0. The van der Waals surface area contributed by atoms with Gasteiger partial charge in [0.25, 0.3) is 11.6 Å². The number of carbonyl (C=O) groups excluding carboxylic acids is 2. The molecular weight excluding hydrogens is 403 g/mol. The van der Waals surface area contributed by atoms with Crippen LogP contribution in [0.15, 0.2) is 48.5 Å². The number of nitrogens with zero attached hydrogens (tertiary/aromatic N) is 3. The number of non-ortho nitro benzene ring substituents is 1. The van der Waals surface area contributed by atoms with E-state index in [0.29, 0.717) is 31.7 Å². The van der Waals surface area contributed by atoms with E-state index in [1.165, 1.54) is 36.4 Å². The first-order valence-electron chi connectivity index (χ1n) is 10.1. The minimum atomic E-state index is -0.691. The minimum absolute atomic E-state index is 0.0363. The lowest BCUT2D eigenvalue weighted by Crippen LogP contribution is -2.56. The van der Waals surface area contributed by atoms with E-state index < -0.39 is 22.7 Å². The number of benzene rings is 2. The molecule has 0 aliphatic carbocycles. The van der Waals surface area contributed by atoms with Crippen LogP contribution in [0.3, 0.4) is 0 Å². The maximum absolute atomic E-state index is 13.1. The fourth-order valence-corrected chi connectivity index (χ4v) is 3.51. The molecular formula is C22H25FN4O4. The van der Waals surface area contributed by atoms with Gasteiger partial charge in [-0.15, -0.1) is 0 Å². The zero-order valence-electron chi connectivity index (χ0n) is 17.5. The first kappa shape index (κ1) is 22.2. The average molecular weight is 428 g/mol. The van der Waals surface area contributed by atoms with Crippen molar-refractivity contribution in [3.8, 4) is 0 Å². The highest BCUT2D eigenvalue weighted by Crippen LogP contribution is 2.21. The molecule has 1 aliphatic heterocycles. The van der Waals surface area contributed by atoms with Crippen molar-refractivity contribution in [2.75, 3.05) is 31.1 Å². The van der Waals surface area contributed by atoms with Crippen LogP contribution in [0, 0.1) is 21.8 Å². The number of nitrogens with one attached hydrogen (secondary N) is 1. The number of carbonyl (C=O) groups is 2. The van der Waals surface area contributed by atoms with E-state index in [1.54, 1.807) is 17.0 Å². The number of piperazine rings is 1. The van der Waals surface area contributed by atoms with Crippen molar-refractivity contribution >= 4 is 23.2 Å². The van der Waals surface area contributed by atoms with E-state index in [0.717, 1.165) is 5.69 Å². The minimum Gasteiger partial charge on any atom is -0.368 e. The van der Waals surface area contributed by atoms with E-state index in [2.05, 4.69) is 10.2 Å². The van der Waals surface area contributed by atoms with E-state index in [1.807, 2.05) is 13.8 Å². The average Bonchev–Trinajstić information content (AvgIpc) is 2.77. The Balaban J connectivity index is 1.61. The molecule has 1 N–H and O–H groups in total. The Morgan fingerprint density at radius 3 is 2.10 bits per heavy atom. The molecule has 1 aliphatic rings. The first-order valence-corrected chi connectivity index (χ1v) is 10.1. The molecule has 1 atom stereocenters. The topological polar surface area (TPSA) is 95.8 Å². The summed E-state index contributed by atoms with van der Waals surface area (Å²) in [6, 6.07) is 10.8. The maximum Gasteiger partial charge on any atom is 0.269 e. The van der Waals surface area contributed by atoms with Gasteiger partial charge in [-0.3, -0.25) is 19.7 Å². The summed E-state index contributed by atoms with van der Waals surface area (Å²) in [5.41, 5.74) is 1.19. The van der Waals surface area contributed by atoms with E-state index in [4.69, 9.17) is 0 Å². The molecule has 2 amide bonds. The van der Waals surface area contributed by atoms with Crippen LogP contribution < -0.4 is 10.2 Å². The lowest BCUT2D eigenvalue weighted by atomic mass is 10.0. The van der Waals surface area contributed by atoms with Gasteiger partial charge in [0.05, 0.1) is 4.92 Å². The fraction of sp³-hybridized carbons (Fsp3) is 0.364. The summed E-state index contributed by atoms with van der Waals surface area (Å²) in [7, 11) is 0. The normalized spacial score (nSPS) is 15.0. The Bertz CT molecular complexity index is 939. The van der Waals surface area contributed by atoms with E-state index in [-0.39, 0.29) is 17.5 Å². The summed E-state index contributed by atoms with van der Waals surface area (Å²) in [4.78, 5) is 39.7. The van der Waals surface area contributed by atoms with Crippen molar-refractivity contribution in [1.29, 1.82) is 0 Å². The largest absolute Gasteiger partial charge is 0.368 e. The van der Waals surface area contributed by atoms with Crippen LogP contribution in [0.1, 0.15) is 24.2 Å². The summed E-state index contributed by atoms with van der Waals surface area (Å²) in [5.74, 6) is -1.13. The molecule has 8 nitrogen and oxygen atoms in total. The van der Waals surface area contributed by atoms with Crippen LogP contribution in [0.2, 0.25) is 0 Å². The molecule has 9 heteroatoms. The highest BCUT2D eigenvalue weighted by molar-refractivity contribution is 5.97. The monoisotopic (exact) mass is 428 g/mol. The predicted molar refractivity (Wildman–Crippen MR) is 114 cm³/mol. The van der Waals surface area contributed by atoms with Crippen molar-refractivity contribution < 1.29 is 18.9 Å². The van der Waals surface area contributed by atoms with Crippen LogP contribution in [0.25, 0.3) is 0 Å². The number of halogens is 1. The van der Waals surface area contributed by atoms with Gasteiger partial charge in [0.15, 0.2) is 0 Å². The summed E-state index contributed by atoms with van der Waals surface area (Å²) >= 11 is 0.